The molecule has 0 unspecified atom stereocenters. The summed E-state index contributed by atoms with van der Waals surface area (Å²) in [4.78, 5) is 25.2. The van der Waals surface area contributed by atoms with Crippen LogP contribution in [-0.2, 0) is 19.1 Å². The molecule has 0 aromatic heterocycles. The van der Waals surface area contributed by atoms with Crippen LogP contribution in [0.1, 0.15) is 106 Å². The van der Waals surface area contributed by atoms with Crippen LogP contribution in [0.5, 0.6) is 0 Å². The van der Waals surface area contributed by atoms with Gasteiger partial charge in [0.05, 0.1) is 14.2 Å². The maximum absolute atomic E-state index is 12.7. The predicted molar refractivity (Wildman–Crippen MR) is 137 cm³/mol. The van der Waals surface area contributed by atoms with Crippen molar-refractivity contribution < 1.29 is 19.1 Å². The lowest BCUT2D eigenvalue weighted by molar-refractivity contribution is -0.121. The molecule has 0 aromatic carbocycles. The smallest absolute Gasteiger partial charge is 0.228 e. The van der Waals surface area contributed by atoms with Crippen LogP contribution in [0.4, 0.5) is 0 Å². The average Bonchev–Trinajstić information content (AvgIpc) is 2.75. The average molecular weight is 461 g/mol. The van der Waals surface area contributed by atoms with Crippen molar-refractivity contribution in [2.45, 2.75) is 106 Å². The quantitative estimate of drug-likeness (QED) is 0.175. The Kier molecular flexibility index (Phi) is 13.4. The third-order valence-electron chi connectivity index (χ3n) is 6.89. The van der Waals surface area contributed by atoms with Crippen LogP contribution in [0, 0.1) is 17.8 Å². The van der Waals surface area contributed by atoms with Gasteiger partial charge in [-0.15, -0.1) is 0 Å². The summed E-state index contributed by atoms with van der Waals surface area (Å²) in [5.41, 5.74) is 2.23. The number of carbonyl (C=O) groups is 2. The molecular formula is C29H48O4. The summed E-state index contributed by atoms with van der Waals surface area (Å²) < 4.78 is 10.3. The second kappa shape index (κ2) is 15.1. The van der Waals surface area contributed by atoms with Gasteiger partial charge in [0.1, 0.15) is 0 Å². The lowest BCUT2D eigenvalue weighted by Crippen LogP contribution is -2.24. The number of allylic oxidation sites excluding steroid dienone is 4. The Hall–Kier alpha value is -1.84. The first-order valence-corrected chi connectivity index (χ1v) is 12.9. The van der Waals surface area contributed by atoms with Crippen molar-refractivity contribution in [2.75, 3.05) is 14.2 Å². The zero-order valence-corrected chi connectivity index (χ0v) is 22.5. The number of ether oxygens (including phenoxy) is 2. The standard InChI is InChI=1S/C29H48O4/c1-20(2)12-9-13-21(3)14-10-15-22(4)16-11-17-23(5)18-19-25-24(6)26(30)28(32-7)29(33-8)27(25)31/h18,20-22H,9-17,19H2,1-8H3/b23-18+/t21-,22-/m0/s1. The molecule has 0 aromatic rings. The van der Waals surface area contributed by atoms with Crippen LogP contribution in [-0.4, -0.2) is 25.8 Å². The second-order valence-electron chi connectivity index (χ2n) is 10.4. The molecule has 0 amide bonds. The van der Waals surface area contributed by atoms with Crippen molar-refractivity contribution in [1.29, 1.82) is 0 Å². The molecule has 2 atom stereocenters. The topological polar surface area (TPSA) is 52.6 Å². The molecular weight excluding hydrogens is 412 g/mol. The molecule has 1 rings (SSSR count). The summed E-state index contributed by atoms with van der Waals surface area (Å²) in [7, 11) is 2.78. The molecule has 4 nitrogen and oxygen atoms in total. The van der Waals surface area contributed by atoms with Gasteiger partial charge >= 0.3 is 0 Å². The predicted octanol–water partition coefficient (Wildman–Crippen LogP) is 7.73. The largest absolute Gasteiger partial charge is 0.489 e. The van der Waals surface area contributed by atoms with E-state index in [1.54, 1.807) is 6.92 Å². The Morgan fingerprint density at radius 3 is 1.79 bits per heavy atom. The molecule has 0 radical (unpaired) electrons. The third kappa shape index (κ3) is 9.90. The lowest BCUT2D eigenvalue weighted by atomic mass is 9.90. The first kappa shape index (κ1) is 29.2. The monoisotopic (exact) mass is 460 g/mol. The third-order valence-corrected chi connectivity index (χ3v) is 6.89. The Labute approximate surface area is 202 Å². The number of hydrogen-bond acceptors (Lipinski definition) is 4. The molecule has 0 aliphatic heterocycles. The summed E-state index contributed by atoms with van der Waals surface area (Å²) in [5.74, 6) is 1.93. The Morgan fingerprint density at radius 1 is 0.788 bits per heavy atom. The fourth-order valence-electron chi connectivity index (χ4n) is 4.52. The highest BCUT2D eigenvalue weighted by molar-refractivity contribution is 6.23. The number of hydrogen-bond donors (Lipinski definition) is 0. The molecule has 1 aliphatic carbocycles. The van der Waals surface area contributed by atoms with Crippen LogP contribution >= 0.6 is 0 Å². The molecule has 4 heteroatoms. The summed E-state index contributed by atoms with van der Waals surface area (Å²) in [6.45, 7) is 13.2. The number of rotatable bonds is 16. The van der Waals surface area contributed by atoms with Crippen molar-refractivity contribution in [2.24, 2.45) is 17.8 Å². The van der Waals surface area contributed by atoms with Gasteiger partial charge in [-0.25, -0.2) is 0 Å². The van der Waals surface area contributed by atoms with E-state index in [4.69, 9.17) is 9.47 Å². The van der Waals surface area contributed by atoms with Gasteiger partial charge in [-0.2, -0.15) is 0 Å². The van der Waals surface area contributed by atoms with E-state index in [1.807, 2.05) is 0 Å². The van der Waals surface area contributed by atoms with Crippen molar-refractivity contribution in [3.05, 3.63) is 34.3 Å². The van der Waals surface area contributed by atoms with Gasteiger partial charge in [0.25, 0.3) is 0 Å². The number of ketones is 2. The highest BCUT2D eigenvalue weighted by Gasteiger charge is 2.34. The maximum atomic E-state index is 12.7. The van der Waals surface area contributed by atoms with Crippen LogP contribution in [0.3, 0.4) is 0 Å². The second-order valence-corrected chi connectivity index (χ2v) is 10.4. The van der Waals surface area contributed by atoms with Crippen LogP contribution in [0.25, 0.3) is 0 Å². The van der Waals surface area contributed by atoms with E-state index in [2.05, 4.69) is 40.7 Å². The fourth-order valence-corrected chi connectivity index (χ4v) is 4.52. The van der Waals surface area contributed by atoms with E-state index in [9.17, 15) is 9.59 Å². The molecule has 0 fully saturated rings. The minimum atomic E-state index is -0.266. The summed E-state index contributed by atoms with van der Waals surface area (Å²) in [6.07, 6.45) is 14.1. The zero-order chi connectivity index (χ0) is 25.0. The number of methoxy groups -OCH3 is 2. The first-order chi connectivity index (χ1) is 15.6. The highest BCUT2D eigenvalue weighted by Crippen LogP contribution is 2.28. The maximum Gasteiger partial charge on any atom is 0.228 e. The molecule has 0 spiro atoms. The minimum Gasteiger partial charge on any atom is -0.489 e. The van der Waals surface area contributed by atoms with E-state index in [0.29, 0.717) is 17.6 Å². The van der Waals surface area contributed by atoms with E-state index in [0.717, 1.165) is 30.6 Å². The van der Waals surface area contributed by atoms with Gasteiger partial charge in [0, 0.05) is 11.1 Å². The molecule has 0 heterocycles. The lowest BCUT2D eigenvalue weighted by Gasteiger charge is -2.19. The molecule has 1 aliphatic rings. The van der Waals surface area contributed by atoms with Gasteiger partial charge in [0.15, 0.2) is 0 Å². The van der Waals surface area contributed by atoms with Crippen molar-refractivity contribution in [3.63, 3.8) is 0 Å². The fraction of sp³-hybridized carbons (Fsp3) is 0.724. The number of Topliss-reactive ketones (excluding diaryl/α,β-unsaturated/α-hetero) is 2. The van der Waals surface area contributed by atoms with Crippen molar-refractivity contribution >= 4 is 11.6 Å². The highest BCUT2D eigenvalue weighted by atomic mass is 16.5. The van der Waals surface area contributed by atoms with Crippen molar-refractivity contribution in [1.82, 2.24) is 0 Å². The van der Waals surface area contributed by atoms with E-state index >= 15 is 0 Å². The Balaban J connectivity index is 2.39. The van der Waals surface area contributed by atoms with Gasteiger partial charge in [0.2, 0.25) is 23.1 Å². The molecule has 0 saturated heterocycles. The SMILES string of the molecule is COC1=C(OC)C(=O)C(C/C=C(\C)CCC[C@@H](C)CCC[C@@H](C)CCCC(C)C)=C(C)C1=O. The molecule has 0 bridgehead atoms. The van der Waals surface area contributed by atoms with Crippen LogP contribution in [0.2, 0.25) is 0 Å². The van der Waals surface area contributed by atoms with E-state index in [-0.39, 0.29) is 23.1 Å². The summed E-state index contributed by atoms with van der Waals surface area (Å²) in [6, 6.07) is 0. The van der Waals surface area contributed by atoms with E-state index in [1.165, 1.54) is 64.7 Å². The van der Waals surface area contributed by atoms with Crippen LogP contribution in [0.15, 0.2) is 34.3 Å². The molecule has 0 saturated carbocycles. The molecule has 33 heavy (non-hydrogen) atoms. The van der Waals surface area contributed by atoms with E-state index < -0.39 is 0 Å². The summed E-state index contributed by atoms with van der Waals surface area (Å²) in [5, 5.41) is 0. The minimum absolute atomic E-state index is 0.00314. The Morgan fingerprint density at radius 2 is 1.27 bits per heavy atom. The van der Waals surface area contributed by atoms with Gasteiger partial charge < -0.3 is 9.47 Å². The molecule has 188 valence electrons. The Bertz CT molecular complexity index is 739. The normalized spacial score (nSPS) is 17.2. The van der Waals surface area contributed by atoms with Crippen LogP contribution < -0.4 is 0 Å². The number of carbonyl (C=O) groups excluding carboxylic acids is 2. The van der Waals surface area contributed by atoms with Gasteiger partial charge in [-0.1, -0.05) is 84.3 Å². The molecule has 0 N–H and O–H groups in total. The van der Waals surface area contributed by atoms with Crippen molar-refractivity contribution in [3.8, 4) is 0 Å². The van der Waals surface area contributed by atoms with Gasteiger partial charge in [-0.05, 0) is 50.9 Å². The summed E-state index contributed by atoms with van der Waals surface area (Å²) >= 11 is 0. The zero-order valence-electron chi connectivity index (χ0n) is 22.5. The van der Waals surface area contributed by atoms with Gasteiger partial charge in [-0.3, -0.25) is 9.59 Å². The first-order valence-electron chi connectivity index (χ1n) is 12.9.